The van der Waals surface area contributed by atoms with Gasteiger partial charge in [0.25, 0.3) is 0 Å². The number of carboxylic acid groups (broad SMARTS) is 1. The number of carboxylic acids is 1. The highest BCUT2D eigenvalue weighted by atomic mass is 16.4. The molecule has 0 heterocycles. The highest BCUT2D eigenvalue weighted by molar-refractivity contribution is 5.80. The molecule has 0 atom stereocenters. The lowest BCUT2D eigenvalue weighted by Crippen LogP contribution is -2.30. The van der Waals surface area contributed by atoms with Gasteiger partial charge in [0.05, 0.1) is 5.41 Å². The number of benzene rings is 1. The van der Waals surface area contributed by atoms with Crippen molar-refractivity contribution < 1.29 is 9.90 Å². The fourth-order valence-electron chi connectivity index (χ4n) is 2.77. The third-order valence-electron chi connectivity index (χ3n) is 3.96. The van der Waals surface area contributed by atoms with Crippen LogP contribution in [-0.2, 0) is 10.2 Å². The third-order valence-corrected chi connectivity index (χ3v) is 3.96. The van der Waals surface area contributed by atoms with Crippen LogP contribution in [0.25, 0.3) is 0 Å². The van der Waals surface area contributed by atoms with Crippen molar-refractivity contribution in [1.82, 2.24) is 0 Å². The van der Waals surface area contributed by atoms with Crippen LogP contribution in [0, 0.1) is 0 Å². The zero-order valence-electron chi connectivity index (χ0n) is 10.6. The lowest BCUT2D eigenvalue weighted by molar-refractivity contribution is -0.142. The Balaban J connectivity index is 2.43. The van der Waals surface area contributed by atoms with E-state index in [2.05, 4.69) is 6.07 Å². The van der Waals surface area contributed by atoms with Gasteiger partial charge >= 0.3 is 5.97 Å². The molecule has 0 unspecified atom stereocenters. The van der Waals surface area contributed by atoms with E-state index in [1.165, 1.54) is 31.2 Å². The van der Waals surface area contributed by atoms with Crippen molar-refractivity contribution in [3.05, 3.63) is 35.4 Å². The van der Waals surface area contributed by atoms with Gasteiger partial charge in [-0.25, -0.2) is 0 Å². The molecular weight excluding hydrogens is 212 g/mol. The molecule has 1 aromatic rings. The van der Waals surface area contributed by atoms with Crippen LogP contribution in [0.3, 0.4) is 0 Å². The van der Waals surface area contributed by atoms with Gasteiger partial charge < -0.3 is 5.11 Å². The minimum atomic E-state index is -0.792. The molecule has 0 spiro atoms. The predicted octanol–water partition coefficient (Wildman–Crippen LogP) is 3.71. The van der Waals surface area contributed by atoms with Gasteiger partial charge in [-0.1, -0.05) is 37.1 Å². The molecule has 92 valence electrons. The number of carbonyl (C=O) groups is 1. The molecule has 1 aromatic carbocycles. The molecule has 1 N–H and O–H groups in total. The molecule has 0 saturated heterocycles. The smallest absolute Gasteiger partial charge is 0.313 e. The summed E-state index contributed by atoms with van der Waals surface area (Å²) in [5.74, 6) is -0.187. The number of hydrogen-bond donors (Lipinski definition) is 1. The largest absolute Gasteiger partial charge is 0.481 e. The molecule has 2 rings (SSSR count). The van der Waals surface area contributed by atoms with Crippen LogP contribution in [-0.4, -0.2) is 11.1 Å². The predicted molar refractivity (Wildman–Crippen MR) is 68.3 cm³/mol. The topological polar surface area (TPSA) is 37.3 Å². The van der Waals surface area contributed by atoms with Crippen molar-refractivity contribution in [2.45, 2.75) is 50.9 Å². The summed E-state index contributed by atoms with van der Waals surface area (Å²) in [6, 6.07) is 8.05. The summed E-state index contributed by atoms with van der Waals surface area (Å²) < 4.78 is 0. The lowest BCUT2D eigenvalue weighted by atomic mass is 9.78. The SMILES string of the molecule is CC(C)(C(=O)O)c1ccccc1C1CCCC1. The van der Waals surface area contributed by atoms with E-state index in [4.69, 9.17) is 0 Å². The Labute approximate surface area is 103 Å². The minimum absolute atomic E-state index is 0.560. The van der Waals surface area contributed by atoms with Crippen LogP contribution in [0.1, 0.15) is 56.6 Å². The standard InChI is InChI=1S/C15H20O2/c1-15(2,14(16)17)13-10-6-5-9-12(13)11-7-3-4-8-11/h5-6,9-11H,3-4,7-8H2,1-2H3,(H,16,17). The molecule has 1 fully saturated rings. The Hall–Kier alpha value is -1.31. The fourth-order valence-corrected chi connectivity index (χ4v) is 2.77. The van der Waals surface area contributed by atoms with E-state index in [-0.39, 0.29) is 0 Å². The van der Waals surface area contributed by atoms with Gasteiger partial charge in [0, 0.05) is 0 Å². The molecule has 0 aliphatic heterocycles. The maximum absolute atomic E-state index is 11.4. The summed E-state index contributed by atoms with van der Waals surface area (Å²) in [7, 11) is 0. The van der Waals surface area contributed by atoms with Gasteiger partial charge in [0.2, 0.25) is 0 Å². The molecule has 0 aromatic heterocycles. The van der Waals surface area contributed by atoms with E-state index in [0.717, 1.165) is 5.56 Å². The molecule has 0 radical (unpaired) electrons. The molecule has 1 aliphatic carbocycles. The Morgan fingerprint density at radius 1 is 1.24 bits per heavy atom. The van der Waals surface area contributed by atoms with E-state index in [0.29, 0.717) is 5.92 Å². The van der Waals surface area contributed by atoms with Gasteiger partial charge in [-0.2, -0.15) is 0 Å². The Morgan fingerprint density at radius 2 is 1.82 bits per heavy atom. The highest BCUT2D eigenvalue weighted by Gasteiger charge is 2.33. The molecule has 0 bridgehead atoms. The van der Waals surface area contributed by atoms with Crippen molar-refractivity contribution >= 4 is 5.97 Å². The Bertz CT molecular complexity index is 415. The summed E-state index contributed by atoms with van der Waals surface area (Å²) in [4.78, 5) is 11.4. The van der Waals surface area contributed by atoms with Crippen molar-refractivity contribution in [3.63, 3.8) is 0 Å². The van der Waals surface area contributed by atoms with Crippen LogP contribution in [0.2, 0.25) is 0 Å². The van der Waals surface area contributed by atoms with Gasteiger partial charge in [0.1, 0.15) is 0 Å². The first-order chi connectivity index (χ1) is 8.03. The summed E-state index contributed by atoms with van der Waals surface area (Å²) in [5.41, 5.74) is 1.44. The van der Waals surface area contributed by atoms with E-state index >= 15 is 0 Å². The second-order valence-corrected chi connectivity index (χ2v) is 5.50. The first kappa shape index (κ1) is 12.2. The maximum Gasteiger partial charge on any atom is 0.313 e. The highest BCUT2D eigenvalue weighted by Crippen LogP contribution is 2.39. The average Bonchev–Trinajstić information content (AvgIpc) is 2.82. The zero-order chi connectivity index (χ0) is 12.5. The lowest BCUT2D eigenvalue weighted by Gasteiger charge is -2.25. The molecule has 1 aliphatic rings. The molecule has 2 nitrogen and oxygen atoms in total. The number of hydrogen-bond acceptors (Lipinski definition) is 1. The van der Waals surface area contributed by atoms with E-state index < -0.39 is 11.4 Å². The van der Waals surface area contributed by atoms with Gasteiger partial charge in [-0.15, -0.1) is 0 Å². The summed E-state index contributed by atoms with van der Waals surface area (Å²) >= 11 is 0. The third kappa shape index (κ3) is 2.21. The fraction of sp³-hybridized carbons (Fsp3) is 0.533. The number of rotatable bonds is 3. The van der Waals surface area contributed by atoms with Crippen molar-refractivity contribution in [2.75, 3.05) is 0 Å². The molecule has 0 amide bonds. The number of aliphatic carboxylic acids is 1. The van der Waals surface area contributed by atoms with Crippen LogP contribution in [0.15, 0.2) is 24.3 Å². The summed E-state index contributed by atoms with van der Waals surface area (Å²) in [6.45, 7) is 3.59. The van der Waals surface area contributed by atoms with Crippen LogP contribution < -0.4 is 0 Å². The van der Waals surface area contributed by atoms with E-state index in [1.807, 2.05) is 18.2 Å². The van der Waals surface area contributed by atoms with Gasteiger partial charge in [-0.3, -0.25) is 4.79 Å². The average molecular weight is 232 g/mol. The molecule has 1 saturated carbocycles. The molecule has 2 heteroatoms. The zero-order valence-corrected chi connectivity index (χ0v) is 10.6. The maximum atomic E-state index is 11.4. The van der Waals surface area contributed by atoms with Crippen LogP contribution in [0.5, 0.6) is 0 Å². The van der Waals surface area contributed by atoms with Gasteiger partial charge in [0.15, 0.2) is 0 Å². The Kier molecular flexibility index (Phi) is 3.23. The van der Waals surface area contributed by atoms with Crippen molar-refractivity contribution in [2.24, 2.45) is 0 Å². The van der Waals surface area contributed by atoms with Crippen molar-refractivity contribution in [3.8, 4) is 0 Å². The second kappa shape index (κ2) is 4.52. The Morgan fingerprint density at radius 3 is 2.41 bits per heavy atom. The molecule has 17 heavy (non-hydrogen) atoms. The monoisotopic (exact) mass is 232 g/mol. The summed E-state index contributed by atoms with van der Waals surface area (Å²) in [5, 5.41) is 9.36. The first-order valence-electron chi connectivity index (χ1n) is 6.36. The van der Waals surface area contributed by atoms with E-state index in [9.17, 15) is 9.90 Å². The van der Waals surface area contributed by atoms with Gasteiger partial charge in [-0.05, 0) is 43.7 Å². The first-order valence-corrected chi connectivity index (χ1v) is 6.36. The van der Waals surface area contributed by atoms with Crippen LogP contribution in [0.4, 0.5) is 0 Å². The minimum Gasteiger partial charge on any atom is -0.481 e. The quantitative estimate of drug-likeness (QED) is 0.862. The summed E-state index contributed by atoms with van der Waals surface area (Å²) in [6.07, 6.45) is 4.94. The molecular formula is C15H20O2. The van der Waals surface area contributed by atoms with Crippen LogP contribution >= 0.6 is 0 Å². The van der Waals surface area contributed by atoms with E-state index in [1.54, 1.807) is 13.8 Å². The second-order valence-electron chi connectivity index (χ2n) is 5.50. The normalized spacial score (nSPS) is 17.3. The van der Waals surface area contributed by atoms with Crippen molar-refractivity contribution in [1.29, 1.82) is 0 Å².